The molecule has 18 heavy (non-hydrogen) atoms. The van der Waals surface area contributed by atoms with Crippen LogP contribution in [0.4, 0.5) is 8.78 Å². The van der Waals surface area contributed by atoms with Crippen molar-refractivity contribution >= 4 is 15.9 Å². The van der Waals surface area contributed by atoms with E-state index in [0.29, 0.717) is 16.8 Å². The summed E-state index contributed by atoms with van der Waals surface area (Å²) in [5.41, 5.74) is -0.0324. The van der Waals surface area contributed by atoms with Crippen LogP contribution in [-0.4, -0.2) is 6.54 Å². The van der Waals surface area contributed by atoms with Gasteiger partial charge in [-0.15, -0.1) is 0 Å². The molecule has 0 radical (unpaired) electrons. The Morgan fingerprint density at radius 2 is 2.00 bits per heavy atom. The minimum Gasteiger partial charge on any atom is -0.467 e. The molecule has 0 aliphatic heterocycles. The van der Waals surface area contributed by atoms with Crippen LogP contribution in [0.3, 0.4) is 0 Å². The second kappa shape index (κ2) is 5.63. The van der Waals surface area contributed by atoms with Crippen molar-refractivity contribution in [2.45, 2.75) is 13.0 Å². The van der Waals surface area contributed by atoms with Crippen LogP contribution in [-0.2, 0) is 0 Å². The average molecular weight is 316 g/mol. The van der Waals surface area contributed by atoms with Crippen LogP contribution in [0.5, 0.6) is 0 Å². The summed E-state index contributed by atoms with van der Waals surface area (Å²) in [7, 11) is 0. The maximum absolute atomic E-state index is 13.9. The molecule has 1 atom stereocenters. The third-order valence-electron chi connectivity index (χ3n) is 2.57. The fourth-order valence-electron chi connectivity index (χ4n) is 1.83. The predicted octanol–water partition coefficient (Wildman–Crippen LogP) is 4.02. The molecule has 0 saturated carbocycles. The van der Waals surface area contributed by atoms with Gasteiger partial charge >= 0.3 is 0 Å². The van der Waals surface area contributed by atoms with Crippen molar-refractivity contribution in [3.05, 3.63) is 58.0 Å². The second-order valence-electron chi connectivity index (χ2n) is 3.79. The monoisotopic (exact) mass is 315 g/mol. The number of halogens is 3. The third kappa shape index (κ3) is 2.62. The minimum atomic E-state index is -0.627. The molecule has 1 unspecified atom stereocenters. The molecule has 2 nitrogen and oxygen atoms in total. The largest absolute Gasteiger partial charge is 0.467 e. The number of nitrogens with one attached hydrogen (secondary N) is 1. The fraction of sp³-hybridized carbons (Fsp3) is 0.231. The highest BCUT2D eigenvalue weighted by Crippen LogP contribution is 2.29. The molecule has 0 aliphatic rings. The number of furan rings is 1. The first-order valence-corrected chi connectivity index (χ1v) is 6.34. The Bertz CT molecular complexity index is 505. The Balaban J connectivity index is 2.49. The molecule has 1 N–H and O–H groups in total. The van der Waals surface area contributed by atoms with Crippen molar-refractivity contribution in [1.29, 1.82) is 0 Å². The van der Waals surface area contributed by atoms with Gasteiger partial charge in [0.15, 0.2) is 0 Å². The molecular weight excluding hydrogens is 304 g/mol. The molecule has 0 spiro atoms. The Morgan fingerprint density at radius 3 is 2.50 bits per heavy atom. The molecule has 0 saturated heterocycles. The van der Waals surface area contributed by atoms with Crippen molar-refractivity contribution in [2.75, 3.05) is 6.54 Å². The number of hydrogen-bond donors (Lipinski definition) is 1. The molecule has 5 heteroatoms. The zero-order chi connectivity index (χ0) is 13.1. The van der Waals surface area contributed by atoms with Crippen molar-refractivity contribution in [1.82, 2.24) is 5.32 Å². The fourth-order valence-corrected chi connectivity index (χ4v) is 2.24. The van der Waals surface area contributed by atoms with Crippen molar-refractivity contribution < 1.29 is 13.2 Å². The van der Waals surface area contributed by atoms with Gasteiger partial charge in [-0.1, -0.05) is 22.9 Å². The average Bonchev–Trinajstić information content (AvgIpc) is 2.79. The molecule has 1 heterocycles. The van der Waals surface area contributed by atoms with Gasteiger partial charge in [-0.2, -0.15) is 0 Å². The van der Waals surface area contributed by atoms with E-state index in [1.54, 1.807) is 12.1 Å². The Hall–Kier alpha value is -1.20. The quantitative estimate of drug-likeness (QED) is 0.922. The Morgan fingerprint density at radius 1 is 1.33 bits per heavy atom. The molecular formula is C13H12BrF2NO. The first kappa shape index (κ1) is 13.2. The molecule has 1 aromatic heterocycles. The van der Waals surface area contributed by atoms with Gasteiger partial charge in [0.25, 0.3) is 0 Å². The molecule has 0 fully saturated rings. The summed E-state index contributed by atoms with van der Waals surface area (Å²) in [6.07, 6.45) is 1.48. The normalized spacial score (nSPS) is 12.7. The highest BCUT2D eigenvalue weighted by atomic mass is 79.9. The summed E-state index contributed by atoms with van der Waals surface area (Å²) < 4.78 is 33.5. The molecule has 1 aromatic carbocycles. The zero-order valence-electron chi connectivity index (χ0n) is 9.71. The lowest BCUT2D eigenvalue weighted by Crippen LogP contribution is -2.23. The second-order valence-corrected chi connectivity index (χ2v) is 4.70. The van der Waals surface area contributed by atoms with Gasteiger partial charge in [0, 0.05) is 10.0 Å². The van der Waals surface area contributed by atoms with E-state index >= 15 is 0 Å². The Labute approximate surface area is 112 Å². The SMILES string of the molecule is CCNC(c1ccco1)c1c(F)cc(Br)cc1F. The molecule has 0 bridgehead atoms. The van der Waals surface area contributed by atoms with E-state index in [2.05, 4.69) is 21.2 Å². The summed E-state index contributed by atoms with van der Waals surface area (Å²) in [4.78, 5) is 0. The van der Waals surface area contributed by atoms with Gasteiger partial charge in [0.05, 0.1) is 12.3 Å². The smallest absolute Gasteiger partial charge is 0.132 e. The molecule has 0 aliphatic carbocycles. The molecule has 96 valence electrons. The van der Waals surface area contributed by atoms with Gasteiger partial charge in [0.1, 0.15) is 17.4 Å². The lowest BCUT2D eigenvalue weighted by atomic mass is 10.0. The van der Waals surface area contributed by atoms with Crippen LogP contribution in [0.25, 0.3) is 0 Å². The Kier molecular flexibility index (Phi) is 4.14. The van der Waals surface area contributed by atoms with E-state index in [0.717, 1.165) is 0 Å². The van der Waals surface area contributed by atoms with Crippen LogP contribution >= 0.6 is 15.9 Å². The number of hydrogen-bond acceptors (Lipinski definition) is 2. The van der Waals surface area contributed by atoms with Crippen LogP contribution in [0, 0.1) is 11.6 Å². The van der Waals surface area contributed by atoms with Gasteiger partial charge in [-0.05, 0) is 30.8 Å². The topological polar surface area (TPSA) is 25.2 Å². The maximum atomic E-state index is 13.9. The first-order chi connectivity index (χ1) is 8.63. The summed E-state index contributed by atoms with van der Waals surface area (Å²) >= 11 is 3.06. The summed E-state index contributed by atoms with van der Waals surface area (Å²) in [6.45, 7) is 2.44. The van der Waals surface area contributed by atoms with E-state index in [-0.39, 0.29) is 5.56 Å². The summed E-state index contributed by atoms with van der Waals surface area (Å²) in [6, 6.07) is 5.23. The van der Waals surface area contributed by atoms with Gasteiger partial charge in [0.2, 0.25) is 0 Å². The minimum absolute atomic E-state index is 0.0324. The van der Waals surface area contributed by atoms with Crippen molar-refractivity contribution in [3.8, 4) is 0 Å². The summed E-state index contributed by atoms with van der Waals surface area (Å²) in [5.74, 6) is -0.731. The molecule has 2 aromatic rings. The van der Waals surface area contributed by atoms with E-state index in [1.165, 1.54) is 18.4 Å². The lowest BCUT2D eigenvalue weighted by Gasteiger charge is -2.17. The third-order valence-corrected chi connectivity index (χ3v) is 3.03. The number of rotatable bonds is 4. The van der Waals surface area contributed by atoms with Gasteiger partial charge < -0.3 is 9.73 Å². The standard InChI is InChI=1S/C13H12BrF2NO/c1-2-17-13(11-4-3-5-18-11)12-9(15)6-8(14)7-10(12)16/h3-7,13,17H,2H2,1H3. The van der Waals surface area contributed by atoms with Crippen LogP contribution in [0.15, 0.2) is 39.4 Å². The molecule has 2 rings (SSSR count). The van der Waals surface area contributed by atoms with Crippen molar-refractivity contribution in [3.63, 3.8) is 0 Å². The van der Waals surface area contributed by atoms with E-state index < -0.39 is 17.7 Å². The maximum Gasteiger partial charge on any atom is 0.132 e. The van der Waals surface area contributed by atoms with Crippen molar-refractivity contribution in [2.24, 2.45) is 0 Å². The predicted molar refractivity (Wildman–Crippen MR) is 68.3 cm³/mol. The highest BCUT2D eigenvalue weighted by Gasteiger charge is 2.23. The lowest BCUT2D eigenvalue weighted by molar-refractivity contribution is 0.427. The van der Waals surface area contributed by atoms with Crippen LogP contribution < -0.4 is 5.32 Å². The van der Waals surface area contributed by atoms with Gasteiger partial charge in [-0.25, -0.2) is 8.78 Å². The summed E-state index contributed by atoms with van der Waals surface area (Å²) in [5, 5.41) is 3.01. The van der Waals surface area contributed by atoms with Gasteiger partial charge in [-0.3, -0.25) is 0 Å². The van der Waals surface area contributed by atoms with E-state index in [1.807, 2.05) is 6.92 Å². The van der Waals surface area contributed by atoms with E-state index in [9.17, 15) is 8.78 Å². The zero-order valence-corrected chi connectivity index (χ0v) is 11.3. The van der Waals surface area contributed by atoms with Crippen LogP contribution in [0.1, 0.15) is 24.3 Å². The number of benzene rings is 1. The van der Waals surface area contributed by atoms with Crippen LogP contribution in [0.2, 0.25) is 0 Å². The first-order valence-electron chi connectivity index (χ1n) is 5.54. The highest BCUT2D eigenvalue weighted by molar-refractivity contribution is 9.10. The van der Waals surface area contributed by atoms with E-state index in [4.69, 9.17) is 4.42 Å². The molecule has 0 amide bonds.